The van der Waals surface area contributed by atoms with Crippen molar-refractivity contribution in [3.63, 3.8) is 0 Å². The summed E-state index contributed by atoms with van der Waals surface area (Å²) < 4.78 is 68.6. The lowest BCUT2D eigenvalue weighted by Crippen LogP contribution is -2.30. The van der Waals surface area contributed by atoms with Crippen molar-refractivity contribution in [2.75, 3.05) is 39.6 Å². The average Bonchev–Trinajstić information content (AvgIpc) is 1.05. The molecule has 4 unspecified atom stereocenters. The van der Waals surface area contributed by atoms with Gasteiger partial charge in [-0.3, -0.25) is 37.3 Å². The molecule has 0 rings (SSSR count). The number of esters is 4. The van der Waals surface area contributed by atoms with Crippen LogP contribution in [0.25, 0.3) is 0 Å². The number of rotatable bonds is 75. The first-order valence-electron chi connectivity index (χ1n) is 40.2. The number of carbonyl (C=O) groups excluding carboxylic acids is 4. The van der Waals surface area contributed by atoms with E-state index in [9.17, 15) is 43.2 Å². The zero-order valence-corrected chi connectivity index (χ0v) is 65.5. The Morgan fingerprint density at radius 1 is 0.337 bits per heavy atom. The fraction of sp³-hybridized carbons (Fsp3) is 0.899. The Kier molecular flexibility index (Phi) is 67.2. The molecule has 0 saturated heterocycles. The van der Waals surface area contributed by atoms with Gasteiger partial charge in [0.1, 0.15) is 19.3 Å². The van der Waals surface area contributed by atoms with E-state index in [0.29, 0.717) is 31.6 Å². The molecular formula is C79H150O17P2. The number of carbonyl (C=O) groups is 4. The van der Waals surface area contributed by atoms with Gasteiger partial charge in [-0.25, -0.2) is 9.13 Å². The summed E-state index contributed by atoms with van der Waals surface area (Å²) >= 11 is 0. The third-order valence-corrected chi connectivity index (χ3v) is 20.0. The molecule has 0 aliphatic carbocycles. The fourth-order valence-electron chi connectivity index (χ4n) is 11.6. The number of aliphatic hydroxyl groups is 1. The van der Waals surface area contributed by atoms with Crippen molar-refractivity contribution >= 4 is 39.5 Å². The summed E-state index contributed by atoms with van der Waals surface area (Å²) in [5.74, 6) is 0.166. The molecule has 0 radical (unpaired) electrons. The molecule has 17 nitrogen and oxygen atoms in total. The van der Waals surface area contributed by atoms with Crippen LogP contribution >= 0.6 is 15.6 Å². The lowest BCUT2D eigenvalue weighted by Gasteiger charge is -2.21. The molecule has 19 heteroatoms. The van der Waals surface area contributed by atoms with Gasteiger partial charge in [-0.15, -0.1) is 0 Å². The highest BCUT2D eigenvalue weighted by Gasteiger charge is 2.30. The van der Waals surface area contributed by atoms with Gasteiger partial charge in [-0.05, 0) is 69.1 Å². The topological polar surface area (TPSA) is 237 Å². The van der Waals surface area contributed by atoms with E-state index in [1.54, 1.807) is 0 Å². The highest BCUT2D eigenvalue weighted by Crippen LogP contribution is 2.45. The summed E-state index contributed by atoms with van der Waals surface area (Å²) in [5.41, 5.74) is 0. The zero-order valence-electron chi connectivity index (χ0n) is 63.7. The minimum atomic E-state index is -4.97. The van der Waals surface area contributed by atoms with Crippen molar-refractivity contribution in [3.05, 3.63) is 24.3 Å². The Bertz CT molecular complexity index is 2000. The molecule has 0 saturated carbocycles. The lowest BCUT2D eigenvalue weighted by atomic mass is 9.99. The molecule has 0 heterocycles. The maximum absolute atomic E-state index is 13.1. The summed E-state index contributed by atoms with van der Waals surface area (Å²) in [4.78, 5) is 72.9. The van der Waals surface area contributed by atoms with Crippen LogP contribution in [0.1, 0.15) is 382 Å². The Morgan fingerprint density at radius 2 is 0.602 bits per heavy atom. The monoisotopic (exact) mass is 1430 g/mol. The van der Waals surface area contributed by atoms with Crippen molar-refractivity contribution in [1.82, 2.24) is 0 Å². The van der Waals surface area contributed by atoms with Gasteiger partial charge in [0.25, 0.3) is 0 Å². The van der Waals surface area contributed by atoms with E-state index in [-0.39, 0.29) is 25.7 Å². The predicted molar refractivity (Wildman–Crippen MR) is 400 cm³/mol. The van der Waals surface area contributed by atoms with Gasteiger partial charge in [-0.1, -0.05) is 330 Å². The number of allylic oxidation sites excluding steroid dienone is 4. The normalized spacial score (nSPS) is 14.4. The molecule has 6 atom stereocenters. The zero-order chi connectivity index (χ0) is 72.3. The molecule has 98 heavy (non-hydrogen) atoms. The molecule has 0 aromatic carbocycles. The SMILES string of the molecule is CCCCCC/C=C\C=C/CCCCCCCC(=O)OC[C@H](COP(=O)(O)OCC(O)COP(=O)(O)OC[C@@H](COC(=O)CCCCCCCCCC(C)C)OC(=O)CCCCCCCCCCCCCCCCCCC(C)C)OC(=O)CCCCCCCCCCCCC(C)CC. The molecule has 0 aliphatic rings. The molecule has 578 valence electrons. The van der Waals surface area contributed by atoms with Crippen LogP contribution < -0.4 is 0 Å². The third-order valence-electron chi connectivity index (χ3n) is 18.1. The standard InChI is InChI=1S/C79H150O17P2/c1-8-10-11-12-13-14-15-16-19-23-26-32-39-46-53-60-76(81)89-66-74(95-79(84)63-56-49-41-34-29-28-31-38-45-52-59-72(7)9-2)68-93-97(85,86)91-64-73(80)65-92-98(87,88)94-69-75(67-90-77(82)61-54-47-42-35-37-44-51-58-71(5)6)96-78(83)62-55-48-40-33-27-24-21-18-17-20-22-25-30-36-43-50-57-70(3)4/h14-16,19,70-75,80H,8-13,17-18,20-69H2,1-7H3,(H,85,86)(H,87,88)/b15-14-,19-16-/t72?,73?,74-,75-/m1/s1. The summed E-state index contributed by atoms with van der Waals surface area (Å²) in [5, 5.41) is 10.6. The quantitative estimate of drug-likeness (QED) is 0.0169. The third kappa shape index (κ3) is 70.6. The van der Waals surface area contributed by atoms with Crippen molar-refractivity contribution in [1.29, 1.82) is 0 Å². The molecule has 0 spiro atoms. The maximum atomic E-state index is 13.1. The Morgan fingerprint density at radius 3 is 0.908 bits per heavy atom. The lowest BCUT2D eigenvalue weighted by molar-refractivity contribution is -0.161. The van der Waals surface area contributed by atoms with Gasteiger partial charge in [-0.2, -0.15) is 0 Å². The van der Waals surface area contributed by atoms with Gasteiger partial charge in [0.15, 0.2) is 12.2 Å². The number of ether oxygens (including phenoxy) is 4. The fourth-order valence-corrected chi connectivity index (χ4v) is 13.1. The summed E-state index contributed by atoms with van der Waals surface area (Å²) in [6, 6.07) is 0. The molecule has 0 aliphatic heterocycles. The van der Waals surface area contributed by atoms with Crippen molar-refractivity contribution in [3.8, 4) is 0 Å². The molecule has 0 bridgehead atoms. The van der Waals surface area contributed by atoms with Gasteiger partial charge >= 0.3 is 39.5 Å². The summed E-state index contributed by atoms with van der Waals surface area (Å²) in [6.45, 7) is 11.8. The first-order chi connectivity index (χ1) is 47.3. The van der Waals surface area contributed by atoms with E-state index in [2.05, 4.69) is 72.8 Å². The molecule has 0 aromatic heterocycles. The van der Waals surface area contributed by atoms with E-state index in [4.69, 9.17) is 37.0 Å². The van der Waals surface area contributed by atoms with E-state index < -0.39 is 97.5 Å². The van der Waals surface area contributed by atoms with Crippen LogP contribution in [0.5, 0.6) is 0 Å². The first kappa shape index (κ1) is 95.5. The molecular weight excluding hydrogens is 1280 g/mol. The van der Waals surface area contributed by atoms with Gasteiger partial charge in [0.2, 0.25) is 0 Å². The van der Waals surface area contributed by atoms with E-state index in [1.807, 2.05) is 0 Å². The van der Waals surface area contributed by atoms with Crippen LogP contribution in [-0.4, -0.2) is 96.7 Å². The smallest absolute Gasteiger partial charge is 0.462 e. The van der Waals surface area contributed by atoms with E-state index in [1.165, 1.54) is 167 Å². The van der Waals surface area contributed by atoms with E-state index in [0.717, 1.165) is 127 Å². The number of hydrogen-bond donors (Lipinski definition) is 3. The second-order valence-electron chi connectivity index (χ2n) is 29.0. The Hall–Kier alpha value is -2.46. The van der Waals surface area contributed by atoms with Gasteiger partial charge in [0.05, 0.1) is 26.4 Å². The van der Waals surface area contributed by atoms with Crippen LogP contribution in [0.15, 0.2) is 24.3 Å². The highest BCUT2D eigenvalue weighted by molar-refractivity contribution is 7.47. The molecule has 0 aromatic rings. The Labute approximate surface area is 599 Å². The Balaban J connectivity index is 5.26. The molecule has 0 amide bonds. The molecule has 0 fully saturated rings. The minimum absolute atomic E-state index is 0.0991. The van der Waals surface area contributed by atoms with Crippen LogP contribution in [0.3, 0.4) is 0 Å². The van der Waals surface area contributed by atoms with Crippen molar-refractivity contribution in [2.24, 2.45) is 17.8 Å². The number of phosphoric ester groups is 2. The van der Waals surface area contributed by atoms with Crippen molar-refractivity contribution < 1.29 is 80.2 Å². The minimum Gasteiger partial charge on any atom is -0.462 e. The van der Waals surface area contributed by atoms with Crippen LogP contribution in [0.2, 0.25) is 0 Å². The van der Waals surface area contributed by atoms with Gasteiger partial charge in [0, 0.05) is 25.7 Å². The predicted octanol–water partition coefficient (Wildman–Crippen LogP) is 22.9. The largest absolute Gasteiger partial charge is 0.472 e. The van der Waals surface area contributed by atoms with Crippen LogP contribution in [0.4, 0.5) is 0 Å². The number of hydrogen-bond acceptors (Lipinski definition) is 15. The number of aliphatic hydroxyl groups excluding tert-OH is 1. The second-order valence-corrected chi connectivity index (χ2v) is 31.9. The van der Waals surface area contributed by atoms with Crippen molar-refractivity contribution in [2.45, 2.75) is 401 Å². The van der Waals surface area contributed by atoms with E-state index >= 15 is 0 Å². The summed E-state index contributed by atoms with van der Waals surface area (Å²) in [7, 11) is -9.93. The van der Waals surface area contributed by atoms with Crippen LogP contribution in [-0.2, 0) is 65.4 Å². The second kappa shape index (κ2) is 68.9. The number of unbranched alkanes of at least 4 members (excludes halogenated alkanes) is 39. The summed E-state index contributed by atoms with van der Waals surface area (Å²) in [6.07, 6.45) is 59.1. The van der Waals surface area contributed by atoms with Gasteiger partial charge < -0.3 is 33.8 Å². The maximum Gasteiger partial charge on any atom is 0.472 e. The average molecular weight is 1430 g/mol. The molecule has 3 N–H and O–H groups in total. The first-order valence-corrected chi connectivity index (χ1v) is 43.2. The van der Waals surface area contributed by atoms with Crippen LogP contribution in [0, 0.1) is 17.8 Å². The number of phosphoric acid groups is 2. The highest BCUT2D eigenvalue weighted by atomic mass is 31.2.